The van der Waals surface area contributed by atoms with E-state index in [9.17, 15) is 14.7 Å². The molecule has 0 spiro atoms. The molecular formula is C12H21NO3. The topological polar surface area (TPSA) is 66.4 Å². The predicted octanol–water partition coefficient (Wildman–Crippen LogP) is 1.94. The van der Waals surface area contributed by atoms with Crippen molar-refractivity contribution in [2.75, 3.05) is 0 Å². The zero-order valence-corrected chi connectivity index (χ0v) is 10.1. The Labute approximate surface area is 96.4 Å². The number of carboxylic acid groups (broad SMARTS) is 1. The molecule has 1 rings (SSSR count). The van der Waals surface area contributed by atoms with E-state index < -0.39 is 11.5 Å². The quantitative estimate of drug-likeness (QED) is 0.771. The first-order valence-corrected chi connectivity index (χ1v) is 6.01. The van der Waals surface area contributed by atoms with Crippen LogP contribution in [0.5, 0.6) is 0 Å². The maximum Gasteiger partial charge on any atom is 0.329 e. The van der Waals surface area contributed by atoms with Gasteiger partial charge in [-0.05, 0) is 18.8 Å². The van der Waals surface area contributed by atoms with E-state index in [2.05, 4.69) is 5.32 Å². The zero-order valence-electron chi connectivity index (χ0n) is 10.1. The van der Waals surface area contributed by atoms with Gasteiger partial charge in [-0.3, -0.25) is 4.79 Å². The normalized spacial score (nSPS) is 19.4. The van der Waals surface area contributed by atoms with Gasteiger partial charge in [0.2, 0.25) is 5.91 Å². The molecule has 1 fully saturated rings. The molecule has 0 bridgehead atoms. The number of hydrogen-bond acceptors (Lipinski definition) is 2. The van der Waals surface area contributed by atoms with E-state index in [0.717, 1.165) is 19.3 Å². The first-order valence-electron chi connectivity index (χ1n) is 6.01. The number of hydrogen-bond donors (Lipinski definition) is 2. The Morgan fingerprint density at radius 1 is 1.25 bits per heavy atom. The van der Waals surface area contributed by atoms with E-state index in [1.54, 1.807) is 0 Å². The summed E-state index contributed by atoms with van der Waals surface area (Å²) < 4.78 is 0. The van der Waals surface area contributed by atoms with E-state index in [1.807, 2.05) is 13.8 Å². The molecule has 16 heavy (non-hydrogen) atoms. The van der Waals surface area contributed by atoms with Gasteiger partial charge in [-0.2, -0.15) is 0 Å². The summed E-state index contributed by atoms with van der Waals surface area (Å²) in [7, 11) is 0. The molecule has 0 aromatic rings. The molecule has 0 aromatic carbocycles. The molecule has 1 amide bonds. The van der Waals surface area contributed by atoms with Gasteiger partial charge in [0.05, 0.1) is 0 Å². The van der Waals surface area contributed by atoms with Crippen molar-refractivity contribution in [2.45, 2.75) is 57.9 Å². The lowest BCUT2D eigenvalue weighted by molar-refractivity contribution is -0.149. The van der Waals surface area contributed by atoms with Gasteiger partial charge in [-0.1, -0.05) is 33.1 Å². The van der Waals surface area contributed by atoms with Crippen LogP contribution < -0.4 is 5.32 Å². The van der Waals surface area contributed by atoms with Gasteiger partial charge in [0, 0.05) is 6.42 Å². The molecule has 0 saturated heterocycles. The molecule has 0 unspecified atom stereocenters. The molecule has 2 N–H and O–H groups in total. The lowest BCUT2D eigenvalue weighted by atomic mass is 9.81. The van der Waals surface area contributed by atoms with Crippen molar-refractivity contribution in [3.63, 3.8) is 0 Å². The van der Waals surface area contributed by atoms with Crippen LogP contribution in [0.25, 0.3) is 0 Å². The van der Waals surface area contributed by atoms with Gasteiger partial charge in [0.25, 0.3) is 0 Å². The standard InChI is InChI=1S/C12H21NO3/c1-9(2)8-10(14)13-12(11(15)16)6-4-3-5-7-12/h9H,3-8H2,1-2H3,(H,13,14)(H,15,16). The van der Waals surface area contributed by atoms with Crippen molar-refractivity contribution in [3.8, 4) is 0 Å². The number of nitrogens with one attached hydrogen (secondary N) is 1. The van der Waals surface area contributed by atoms with E-state index >= 15 is 0 Å². The first-order chi connectivity index (χ1) is 7.46. The highest BCUT2D eigenvalue weighted by molar-refractivity contribution is 5.87. The van der Waals surface area contributed by atoms with Crippen LogP contribution in [0, 0.1) is 5.92 Å². The van der Waals surface area contributed by atoms with Gasteiger partial charge >= 0.3 is 5.97 Å². The number of carboxylic acids is 1. The second-order valence-electron chi connectivity index (χ2n) is 5.09. The van der Waals surface area contributed by atoms with Crippen molar-refractivity contribution in [2.24, 2.45) is 5.92 Å². The minimum absolute atomic E-state index is 0.140. The Bertz CT molecular complexity index is 267. The molecule has 0 atom stereocenters. The van der Waals surface area contributed by atoms with Gasteiger partial charge in [-0.15, -0.1) is 0 Å². The Morgan fingerprint density at radius 2 is 1.81 bits per heavy atom. The van der Waals surface area contributed by atoms with Crippen LogP contribution in [0.4, 0.5) is 0 Å². The smallest absolute Gasteiger partial charge is 0.329 e. The molecule has 1 aliphatic carbocycles. The predicted molar refractivity (Wildman–Crippen MR) is 61.0 cm³/mol. The largest absolute Gasteiger partial charge is 0.480 e. The summed E-state index contributed by atoms with van der Waals surface area (Å²) in [6, 6.07) is 0. The monoisotopic (exact) mass is 227 g/mol. The molecule has 1 aliphatic rings. The Balaban J connectivity index is 2.64. The first kappa shape index (κ1) is 13.0. The lowest BCUT2D eigenvalue weighted by Gasteiger charge is -2.34. The minimum Gasteiger partial charge on any atom is -0.480 e. The highest BCUT2D eigenvalue weighted by Gasteiger charge is 2.40. The second-order valence-corrected chi connectivity index (χ2v) is 5.09. The third kappa shape index (κ3) is 3.22. The maximum absolute atomic E-state index is 11.7. The summed E-state index contributed by atoms with van der Waals surface area (Å²) in [4.78, 5) is 22.9. The van der Waals surface area contributed by atoms with Crippen LogP contribution >= 0.6 is 0 Å². The van der Waals surface area contributed by atoms with Crippen LogP contribution in [0.3, 0.4) is 0 Å². The second kappa shape index (κ2) is 5.32. The number of carbonyl (C=O) groups excluding carboxylic acids is 1. The average Bonchev–Trinajstić information content (AvgIpc) is 2.17. The highest BCUT2D eigenvalue weighted by Crippen LogP contribution is 2.28. The van der Waals surface area contributed by atoms with Crippen molar-refractivity contribution in [1.82, 2.24) is 5.32 Å². The molecule has 0 aromatic heterocycles. The molecular weight excluding hydrogens is 206 g/mol. The van der Waals surface area contributed by atoms with Crippen LogP contribution in [0.15, 0.2) is 0 Å². The van der Waals surface area contributed by atoms with E-state index in [1.165, 1.54) is 0 Å². The van der Waals surface area contributed by atoms with Gasteiger partial charge < -0.3 is 10.4 Å². The Kier molecular flexibility index (Phi) is 4.33. The van der Waals surface area contributed by atoms with Crippen LogP contribution in [0.2, 0.25) is 0 Å². The number of aliphatic carboxylic acids is 1. The fourth-order valence-corrected chi connectivity index (χ4v) is 2.24. The lowest BCUT2D eigenvalue weighted by Crippen LogP contribution is -2.55. The number of rotatable bonds is 4. The third-order valence-corrected chi connectivity index (χ3v) is 3.09. The number of carbonyl (C=O) groups is 2. The molecule has 0 radical (unpaired) electrons. The van der Waals surface area contributed by atoms with Gasteiger partial charge in [-0.25, -0.2) is 4.79 Å². The maximum atomic E-state index is 11.7. The van der Waals surface area contributed by atoms with Gasteiger partial charge in [0.1, 0.15) is 5.54 Å². The minimum atomic E-state index is -0.996. The molecule has 92 valence electrons. The molecule has 1 saturated carbocycles. The summed E-state index contributed by atoms with van der Waals surface area (Å²) in [6.07, 6.45) is 4.35. The number of amides is 1. The molecule has 0 aliphatic heterocycles. The van der Waals surface area contributed by atoms with Gasteiger partial charge in [0.15, 0.2) is 0 Å². The van der Waals surface area contributed by atoms with E-state index in [0.29, 0.717) is 19.3 Å². The fourth-order valence-electron chi connectivity index (χ4n) is 2.24. The SMILES string of the molecule is CC(C)CC(=O)NC1(C(=O)O)CCCCC1. The fraction of sp³-hybridized carbons (Fsp3) is 0.833. The third-order valence-electron chi connectivity index (χ3n) is 3.09. The van der Waals surface area contributed by atoms with Crippen molar-refractivity contribution < 1.29 is 14.7 Å². The summed E-state index contributed by atoms with van der Waals surface area (Å²) in [5, 5.41) is 12.0. The van der Waals surface area contributed by atoms with Crippen molar-refractivity contribution in [1.29, 1.82) is 0 Å². The Morgan fingerprint density at radius 3 is 2.25 bits per heavy atom. The van der Waals surface area contributed by atoms with Crippen molar-refractivity contribution >= 4 is 11.9 Å². The summed E-state index contributed by atoms with van der Waals surface area (Å²) >= 11 is 0. The summed E-state index contributed by atoms with van der Waals surface area (Å²) in [5.41, 5.74) is -0.996. The zero-order chi connectivity index (χ0) is 12.2. The van der Waals surface area contributed by atoms with Crippen molar-refractivity contribution in [3.05, 3.63) is 0 Å². The van der Waals surface area contributed by atoms with E-state index in [4.69, 9.17) is 0 Å². The van der Waals surface area contributed by atoms with Crippen LogP contribution in [-0.4, -0.2) is 22.5 Å². The molecule has 4 nitrogen and oxygen atoms in total. The molecule has 4 heteroatoms. The van der Waals surface area contributed by atoms with Crippen LogP contribution in [0.1, 0.15) is 52.4 Å². The van der Waals surface area contributed by atoms with E-state index in [-0.39, 0.29) is 11.8 Å². The molecule has 0 heterocycles. The summed E-state index contributed by atoms with van der Waals surface area (Å²) in [5.74, 6) is -0.766. The average molecular weight is 227 g/mol. The Hall–Kier alpha value is -1.06. The van der Waals surface area contributed by atoms with Crippen LogP contribution in [-0.2, 0) is 9.59 Å². The summed E-state index contributed by atoms with van der Waals surface area (Å²) in [6.45, 7) is 3.90. The highest BCUT2D eigenvalue weighted by atomic mass is 16.4.